The first kappa shape index (κ1) is 16.4. The second-order valence-electron chi connectivity index (χ2n) is 5.73. The number of carbonyl (C=O) groups is 1. The van der Waals surface area contributed by atoms with Gasteiger partial charge in [0.2, 0.25) is 0 Å². The number of nitriles is 1. The van der Waals surface area contributed by atoms with E-state index in [1.807, 2.05) is 50.2 Å². The van der Waals surface area contributed by atoms with Crippen molar-refractivity contribution in [3.05, 3.63) is 88.8 Å². The fourth-order valence-corrected chi connectivity index (χ4v) is 2.79. The molecule has 1 aromatic heterocycles. The normalized spacial score (nSPS) is 10.8. The molecule has 0 radical (unpaired) electrons. The van der Waals surface area contributed by atoms with E-state index >= 15 is 0 Å². The van der Waals surface area contributed by atoms with Crippen LogP contribution in [0, 0.1) is 25.2 Å². The van der Waals surface area contributed by atoms with Crippen molar-refractivity contribution in [2.45, 2.75) is 13.8 Å². The van der Waals surface area contributed by atoms with Gasteiger partial charge >= 0.3 is 0 Å². The molecular weight excluding hydrogens is 310 g/mol. The number of ketones is 1. The highest BCUT2D eigenvalue weighted by Gasteiger charge is 2.17. The van der Waals surface area contributed by atoms with Crippen LogP contribution in [0.4, 0.5) is 0 Å². The number of aryl methyl sites for hydroxylation is 1. The van der Waals surface area contributed by atoms with Crippen molar-refractivity contribution < 1.29 is 4.79 Å². The Bertz CT molecular complexity index is 992. The van der Waals surface area contributed by atoms with Crippen LogP contribution in [0.2, 0.25) is 0 Å². The SMILES string of the molecule is Cc1nn(-c2ccccc2)c(C)c1C(=O)/C=C\c1cccc(C#N)c1. The van der Waals surface area contributed by atoms with E-state index in [0.717, 1.165) is 16.9 Å². The molecule has 0 aliphatic carbocycles. The number of benzene rings is 2. The summed E-state index contributed by atoms with van der Waals surface area (Å²) in [5.41, 5.74) is 4.42. The molecule has 0 aliphatic heterocycles. The molecule has 0 saturated heterocycles. The van der Waals surface area contributed by atoms with Crippen molar-refractivity contribution in [3.63, 3.8) is 0 Å². The number of para-hydroxylation sites is 1. The Hall–Kier alpha value is -3.45. The number of carbonyl (C=O) groups excluding carboxylic acids is 1. The summed E-state index contributed by atoms with van der Waals surface area (Å²) >= 11 is 0. The van der Waals surface area contributed by atoms with E-state index in [9.17, 15) is 4.79 Å². The van der Waals surface area contributed by atoms with Gasteiger partial charge in [0.1, 0.15) is 0 Å². The van der Waals surface area contributed by atoms with Crippen LogP contribution in [0.25, 0.3) is 11.8 Å². The highest BCUT2D eigenvalue weighted by atomic mass is 16.1. The van der Waals surface area contributed by atoms with Gasteiger partial charge in [-0.25, -0.2) is 4.68 Å². The van der Waals surface area contributed by atoms with E-state index in [1.54, 1.807) is 29.0 Å². The quantitative estimate of drug-likeness (QED) is 0.531. The lowest BCUT2D eigenvalue weighted by Gasteiger charge is -2.04. The summed E-state index contributed by atoms with van der Waals surface area (Å²) in [5.74, 6) is -0.0976. The minimum atomic E-state index is -0.0976. The summed E-state index contributed by atoms with van der Waals surface area (Å²) in [6, 6.07) is 19.0. The van der Waals surface area contributed by atoms with Crippen LogP contribution in [-0.2, 0) is 0 Å². The third kappa shape index (κ3) is 3.41. The summed E-state index contributed by atoms with van der Waals surface area (Å²) in [5, 5.41) is 13.5. The molecule has 1 heterocycles. The van der Waals surface area contributed by atoms with Crippen molar-refractivity contribution in [1.29, 1.82) is 5.26 Å². The first-order chi connectivity index (χ1) is 12.1. The van der Waals surface area contributed by atoms with E-state index in [2.05, 4.69) is 11.2 Å². The second kappa shape index (κ2) is 6.98. The van der Waals surface area contributed by atoms with Crippen molar-refractivity contribution in [1.82, 2.24) is 9.78 Å². The maximum atomic E-state index is 12.7. The largest absolute Gasteiger partial charge is 0.289 e. The lowest BCUT2D eigenvalue weighted by atomic mass is 10.1. The molecule has 0 N–H and O–H groups in total. The molecular formula is C21H17N3O. The molecule has 0 aliphatic rings. The lowest BCUT2D eigenvalue weighted by molar-refractivity contribution is 0.104. The minimum Gasteiger partial charge on any atom is -0.289 e. The molecule has 4 heteroatoms. The molecule has 25 heavy (non-hydrogen) atoms. The molecule has 0 spiro atoms. The second-order valence-corrected chi connectivity index (χ2v) is 5.73. The van der Waals surface area contributed by atoms with Crippen LogP contribution in [0.3, 0.4) is 0 Å². The average molecular weight is 327 g/mol. The van der Waals surface area contributed by atoms with Gasteiger partial charge in [0.25, 0.3) is 0 Å². The number of aromatic nitrogens is 2. The first-order valence-electron chi connectivity index (χ1n) is 7.94. The molecule has 122 valence electrons. The van der Waals surface area contributed by atoms with Crippen molar-refractivity contribution in [2.24, 2.45) is 0 Å². The highest BCUT2D eigenvalue weighted by Crippen LogP contribution is 2.19. The molecule has 3 aromatic rings. The fourth-order valence-electron chi connectivity index (χ4n) is 2.79. The highest BCUT2D eigenvalue weighted by molar-refractivity contribution is 6.08. The molecule has 0 saturated carbocycles. The van der Waals surface area contributed by atoms with Crippen LogP contribution >= 0.6 is 0 Å². The Morgan fingerprint density at radius 1 is 1.12 bits per heavy atom. The number of rotatable bonds is 4. The summed E-state index contributed by atoms with van der Waals surface area (Å²) in [6.07, 6.45) is 3.25. The van der Waals surface area contributed by atoms with E-state index in [0.29, 0.717) is 16.8 Å². The molecule has 0 bridgehead atoms. The van der Waals surface area contributed by atoms with Gasteiger partial charge in [-0.2, -0.15) is 10.4 Å². The van der Waals surface area contributed by atoms with Crippen LogP contribution in [-0.4, -0.2) is 15.6 Å². The van der Waals surface area contributed by atoms with E-state index in [4.69, 9.17) is 5.26 Å². The van der Waals surface area contributed by atoms with E-state index < -0.39 is 0 Å². The Morgan fingerprint density at radius 3 is 2.60 bits per heavy atom. The van der Waals surface area contributed by atoms with Crippen molar-refractivity contribution >= 4 is 11.9 Å². The topological polar surface area (TPSA) is 58.7 Å². The van der Waals surface area contributed by atoms with Gasteiger partial charge in [0.15, 0.2) is 5.78 Å². The van der Waals surface area contributed by atoms with Crippen molar-refractivity contribution in [2.75, 3.05) is 0 Å². The van der Waals surface area contributed by atoms with Crippen LogP contribution in [0.15, 0.2) is 60.7 Å². The lowest BCUT2D eigenvalue weighted by Crippen LogP contribution is -2.01. The zero-order chi connectivity index (χ0) is 17.8. The van der Waals surface area contributed by atoms with E-state index in [1.165, 1.54) is 6.08 Å². The summed E-state index contributed by atoms with van der Waals surface area (Å²) in [7, 11) is 0. The Balaban J connectivity index is 1.91. The minimum absolute atomic E-state index is 0.0976. The summed E-state index contributed by atoms with van der Waals surface area (Å²) in [4.78, 5) is 12.7. The maximum absolute atomic E-state index is 12.7. The fraction of sp³-hybridized carbons (Fsp3) is 0.0952. The van der Waals surface area contributed by atoms with Gasteiger partial charge in [-0.3, -0.25) is 4.79 Å². The molecule has 0 unspecified atom stereocenters. The zero-order valence-corrected chi connectivity index (χ0v) is 14.1. The average Bonchev–Trinajstić information content (AvgIpc) is 2.95. The monoisotopic (exact) mass is 327 g/mol. The van der Waals surface area contributed by atoms with E-state index in [-0.39, 0.29) is 5.78 Å². The van der Waals surface area contributed by atoms with Crippen LogP contribution in [0.5, 0.6) is 0 Å². The first-order valence-corrected chi connectivity index (χ1v) is 7.94. The van der Waals surface area contributed by atoms with Gasteiger partial charge in [0, 0.05) is 0 Å². The summed E-state index contributed by atoms with van der Waals surface area (Å²) < 4.78 is 1.78. The van der Waals surface area contributed by atoms with Crippen LogP contribution in [0.1, 0.15) is 32.9 Å². The smallest absolute Gasteiger partial charge is 0.189 e. The van der Waals surface area contributed by atoms with Gasteiger partial charge in [-0.05, 0) is 49.8 Å². The maximum Gasteiger partial charge on any atom is 0.189 e. The van der Waals surface area contributed by atoms with Crippen LogP contribution < -0.4 is 0 Å². The van der Waals surface area contributed by atoms with Gasteiger partial charge in [-0.15, -0.1) is 0 Å². The number of hydrogen-bond donors (Lipinski definition) is 0. The predicted molar refractivity (Wildman–Crippen MR) is 97.6 cm³/mol. The molecule has 2 aromatic carbocycles. The van der Waals surface area contributed by atoms with Crippen molar-refractivity contribution in [3.8, 4) is 11.8 Å². The van der Waals surface area contributed by atoms with Gasteiger partial charge < -0.3 is 0 Å². The zero-order valence-electron chi connectivity index (χ0n) is 14.1. The molecule has 0 amide bonds. The third-order valence-corrected chi connectivity index (χ3v) is 3.98. The molecule has 3 rings (SSSR count). The number of allylic oxidation sites excluding steroid dienone is 1. The number of nitrogens with zero attached hydrogens (tertiary/aromatic N) is 3. The predicted octanol–water partition coefficient (Wildman–Crippen LogP) is 4.26. The molecule has 4 nitrogen and oxygen atoms in total. The Kier molecular flexibility index (Phi) is 4.58. The third-order valence-electron chi connectivity index (χ3n) is 3.98. The number of hydrogen-bond acceptors (Lipinski definition) is 3. The molecule has 0 fully saturated rings. The van der Waals surface area contributed by atoms with Gasteiger partial charge in [-0.1, -0.05) is 36.4 Å². The standard InChI is InChI=1S/C21H17N3O/c1-15-21(16(2)24(23-15)19-9-4-3-5-10-19)20(25)12-11-17-7-6-8-18(13-17)14-22/h3-13H,1-2H3/b12-11-. The molecule has 0 atom stereocenters. The Morgan fingerprint density at radius 2 is 1.88 bits per heavy atom. The summed E-state index contributed by atoms with van der Waals surface area (Å²) in [6.45, 7) is 3.73. The van der Waals surface area contributed by atoms with Gasteiger partial charge in [0.05, 0.1) is 34.3 Å². The Labute approximate surface area is 146 Å².